The first-order chi connectivity index (χ1) is 14.4. The van der Waals surface area contributed by atoms with Crippen LogP contribution in [0.2, 0.25) is 0 Å². The van der Waals surface area contributed by atoms with Gasteiger partial charge in [0.1, 0.15) is 0 Å². The predicted molar refractivity (Wildman–Crippen MR) is 119 cm³/mol. The maximum atomic E-state index is 12.3. The van der Waals surface area contributed by atoms with Crippen molar-refractivity contribution in [3.63, 3.8) is 0 Å². The summed E-state index contributed by atoms with van der Waals surface area (Å²) in [5.74, 6) is -0.911. The van der Waals surface area contributed by atoms with Gasteiger partial charge in [-0.1, -0.05) is 36.4 Å². The second-order valence-corrected chi connectivity index (χ2v) is 7.69. The summed E-state index contributed by atoms with van der Waals surface area (Å²) < 4.78 is 0. The number of hydrogen-bond donors (Lipinski definition) is 2. The Balaban J connectivity index is 1.76. The fraction of sp³-hybridized carbons (Fsp3) is 0.200. The summed E-state index contributed by atoms with van der Waals surface area (Å²) in [5.41, 5.74) is 5.20. The van der Waals surface area contributed by atoms with Crippen molar-refractivity contribution < 1.29 is 14.7 Å². The molecule has 1 heterocycles. The summed E-state index contributed by atoms with van der Waals surface area (Å²) in [6, 6.07) is 23.1. The van der Waals surface area contributed by atoms with Crippen LogP contribution in [-0.4, -0.2) is 23.0 Å². The third-order valence-electron chi connectivity index (χ3n) is 5.60. The SMILES string of the molecule is CC(=O)N1c2ccc(-c3ccc(C(=O)O)cc3)cc2C(Nc2ccccc2)CC1C. The van der Waals surface area contributed by atoms with Crippen LogP contribution in [0, 0.1) is 0 Å². The fourth-order valence-corrected chi connectivity index (χ4v) is 4.20. The van der Waals surface area contributed by atoms with Crippen LogP contribution in [0.25, 0.3) is 11.1 Å². The van der Waals surface area contributed by atoms with E-state index in [1.807, 2.05) is 59.5 Å². The van der Waals surface area contributed by atoms with Gasteiger partial charge in [0.15, 0.2) is 0 Å². The van der Waals surface area contributed by atoms with Crippen molar-refractivity contribution in [3.05, 3.63) is 83.9 Å². The van der Waals surface area contributed by atoms with Gasteiger partial charge in [0.05, 0.1) is 11.6 Å². The number of nitrogens with zero attached hydrogens (tertiary/aromatic N) is 1. The van der Waals surface area contributed by atoms with Gasteiger partial charge in [-0.3, -0.25) is 4.79 Å². The Morgan fingerprint density at radius 1 is 0.967 bits per heavy atom. The molecule has 0 saturated carbocycles. The number of amides is 1. The van der Waals surface area contributed by atoms with E-state index in [2.05, 4.69) is 18.3 Å². The molecule has 1 aliphatic heterocycles. The highest BCUT2D eigenvalue weighted by Gasteiger charge is 2.32. The number of carbonyl (C=O) groups excluding carboxylic acids is 1. The maximum absolute atomic E-state index is 12.3. The Kier molecular flexibility index (Phi) is 5.27. The first-order valence-electron chi connectivity index (χ1n) is 10.0. The minimum Gasteiger partial charge on any atom is -0.478 e. The van der Waals surface area contributed by atoms with Gasteiger partial charge < -0.3 is 15.3 Å². The molecule has 1 aliphatic rings. The van der Waals surface area contributed by atoms with E-state index in [9.17, 15) is 9.59 Å². The predicted octanol–water partition coefficient (Wildman–Crippen LogP) is 5.35. The Bertz CT molecular complexity index is 1080. The molecule has 1 amide bonds. The van der Waals surface area contributed by atoms with E-state index < -0.39 is 5.97 Å². The standard InChI is InChI=1S/C25H24N2O3/c1-16-14-23(26-21-6-4-3-5-7-21)22-15-20(12-13-24(22)27(16)17(2)28)18-8-10-19(11-9-18)25(29)30/h3-13,15-16,23,26H,14H2,1-2H3,(H,29,30). The highest BCUT2D eigenvalue weighted by atomic mass is 16.4. The van der Waals surface area contributed by atoms with Crippen LogP contribution in [0.5, 0.6) is 0 Å². The van der Waals surface area contributed by atoms with E-state index >= 15 is 0 Å². The first kappa shape index (κ1) is 19.7. The molecule has 0 aromatic heterocycles. The van der Waals surface area contributed by atoms with Gasteiger partial charge in [-0.05, 0) is 66.4 Å². The van der Waals surface area contributed by atoms with Crippen LogP contribution in [0.4, 0.5) is 11.4 Å². The van der Waals surface area contributed by atoms with E-state index in [4.69, 9.17) is 5.11 Å². The van der Waals surface area contributed by atoms with Gasteiger partial charge in [0.25, 0.3) is 0 Å². The summed E-state index contributed by atoms with van der Waals surface area (Å²) in [5, 5.41) is 12.8. The average molecular weight is 400 g/mol. The van der Waals surface area contributed by atoms with Crippen LogP contribution in [-0.2, 0) is 4.79 Å². The minimum absolute atomic E-state index is 0.0282. The van der Waals surface area contributed by atoms with E-state index in [0.717, 1.165) is 34.5 Å². The molecule has 0 aliphatic carbocycles. The minimum atomic E-state index is -0.940. The third-order valence-corrected chi connectivity index (χ3v) is 5.60. The van der Waals surface area contributed by atoms with E-state index in [0.29, 0.717) is 0 Å². The number of rotatable bonds is 4. The topological polar surface area (TPSA) is 69.6 Å². The Morgan fingerprint density at radius 2 is 1.63 bits per heavy atom. The first-order valence-corrected chi connectivity index (χ1v) is 10.0. The van der Waals surface area contributed by atoms with Gasteiger partial charge in [0.2, 0.25) is 5.91 Å². The number of carboxylic acids is 1. The molecule has 152 valence electrons. The molecule has 0 bridgehead atoms. The van der Waals surface area contributed by atoms with Crippen molar-refractivity contribution in [2.24, 2.45) is 0 Å². The van der Waals surface area contributed by atoms with Crippen LogP contribution < -0.4 is 10.2 Å². The molecule has 30 heavy (non-hydrogen) atoms. The summed E-state index contributed by atoms with van der Waals surface area (Å²) in [4.78, 5) is 25.3. The van der Waals surface area contributed by atoms with Gasteiger partial charge in [0, 0.05) is 24.3 Å². The largest absolute Gasteiger partial charge is 0.478 e. The molecular formula is C25H24N2O3. The van der Waals surface area contributed by atoms with Crippen molar-refractivity contribution in [1.82, 2.24) is 0 Å². The van der Waals surface area contributed by atoms with Gasteiger partial charge in [-0.25, -0.2) is 4.79 Å². The second-order valence-electron chi connectivity index (χ2n) is 7.69. The lowest BCUT2D eigenvalue weighted by Gasteiger charge is -2.39. The molecule has 0 radical (unpaired) electrons. The molecule has 3 aromatic carbocycles. The lowest BCUT2D eigenvalue weighted by atomic mass is 9.88. The smallest absolute Gasteiger partial charge is 0.335 e. The molecule has 3 aromatic rings. The lowest BCUT2D eigenvalue weighted by Crippen LogP contribution is -2.43. The highest BCUT2D eigenvalue weighted by molar-refractivity contribution is 5.94. The summed E-state index contributed by atoms with van der Waals surface area (Å²) >= 11 is 0. The second kappa shape index (κ2) is 8.03. The number of para-hydroxylation sites is 1. The molecule has 2 unspecified atom stereocenters. The number of nitrogens with one attached hydrogen (secondary N) is 1. The van der Waals surface area contributed by atoms with E-state index in [-0.39, 0.29) is 23.6 Å². The molecule has 2 N–H and O–H groups in total. The Hall–Kier alpha value is -3.60. The number of carbonyl (C=O) groups is 2. The summed E-state index contributed by atoms with van der Waals surface area (Å²) in [6.07, 6.45) is 0.795. The van der Waals surface area contributed by atoms with Crippen LogP contribution in [0.15, 0.2) is 72.8 Å². The van der Waals surface area contributed by atoms with Gasteiger partial charge in [-0.2, -0.15) is 0 Å². The monoisotopic (exact) mass is 400 g/mol. The molecule has 0 saturated heterocycles. The molecule has 0 fully saturated rings. The van der Waals surface area contributed by atoms with Crippen molar-refractivity contribution in [3.8, 4) is 11.1 Å². The molecular weight excluding hydrogens is 376 g/mol. The third kappa shape index (κ3) is 3.79. The summed E-state index contributed by atoms with van der Waals surface area (Å²) in [7, 11) is 0. The zero-order chi connectivity index (χ0) is 21.3. The Morgan fingerprint density at radius 3 is 2.27 bits per heavy atom. The normalized spacial score (nSPS) is 17.9. The van der Waals surface area contributed by atoms with Crippen molar-refractivity contribution in [2.45, 2.75) is 32.4 Å². The molecule has 4 rings (SSSR count). The molecule has 2 atom stereocenters. The molecule has 5 heteroatoms. The zero-order valence-electron chi connectivity index (χ0n) is 17.0. The van der Waals surface area contributed by atoms with Gasteiger partial charge >= 0.3 is 5.97 Å². The Labute approximate surface area is 176 Å². The number of benzene rings is 3. The highest BCUT2D eigenvalue weighted by Crippen LogP contribution is 2.41. The van der Waals surface area contributed by atoms with E-state index in [1.165, 1.54) is 0 Å². The fourth-order valence-electron chi connectivity index (χ4n) is 4.20. The number of anilines is 2. The number of aromatic carboxylic acids is 1. The molecule has 5 nitrogen and oxygen atoms in total. The number of carboxylic acid groups (broad SMARTS) is 1. The van der Waals surface area contributed by atoms with Gasteiger partial charge in [-0.15, -0.1) is 0 Å². The number of fused-ring (bicyclic) bond motifs is 1. The quantitative estimate of drug-likeness (QED) is 0.619. The summed E-state index contributed by atoms with van der Waals surface area (Å²) in [6.45, 7) is 3.67. The van der Waals surface area contributed by atoms with Crippen molar-refractivity contribution in [1.29, 1.82) is 0 Å². The van der Waals surface area contributed by atoms with E-state index in [1.54, 1.807) is 19.1 Å². The number of hydrogen-bond acceptors (Lipinski definition) is 3. The van der Waals surface area contributed by atoms with Crippen molar-refractivity contribution >= 4 is 23.3 Å². The zero-order valence-corrected chi connectivity index (χ0v) is 17.0. The van der Waals surface area contributed by atoms with Crippen molar-refractivity contribution in [2.75, 3.05) is 10.2 Å². The molecule has 0 spiro atoms. The van der Waals surface area contributed by atoms with Crippen LogP contribution in [0.1, 0.15) is 42.2 Å². The van der Waals surface area contributed by atoms with Crippen LogP contribution >= 0.6 is 0 Å². The van der Waals surface area contributed by atoms with Crippen LogP contribution in [0.3, 0.4) is 0 Å². The average Bonchev–Trinajstić information content (AvgIpc) is 2.74. The maximum Gasteiger partial charge on any atom is 0.335 e. The lowest BCUT2D eigenvalue weighted by molar-refractivity contribution is -0.117.